The molecule has 5 nitrogen and oxygen atoms in total. The topological polar surface area (TPSA) is 54.0 Å². The zero-order valence-corrected chi connectivity index (χ0v) is 26.2. The highest BCUT2D eigenvalue weighted by Crippen LogP contribution is 2.37. The minimum absolute atomic E-state index is 0.0270. The normalized spacial score (nSPS) is 20.5. The second kappa shape index (κ2) is 13.6. The van der Waals surface area contributed by atoms with Crippen molar-refractivity contribution < 1.29 is 23.4 Å². The van der Waals surface area contributed by atoms with E-state index in [2.05, 4.69) is 89.2 Å². The number of carbonyl (C=O) groups excluding carboxylic acids is 1. The van der Waals surface area contributed by atoms with Crippen molar-refractivity contribution in [2.45, 2.75) is 64.9 Å². The van der Waals surface area contributed by atoms with Crippen molar-refractivity contribution in [1.82, 2.24) is 0 Å². The third-order valence-corrected chi connectivity index (χ3v) is 13.0. The first-order valence-corrected chi connectivity index (χ1v) is 16.4. The fourth-order valence-corrected chi connectivity index (χ4v) is 10.2. The molecular weight excluding hydrogens is 528 g/mol. The lowest BCUT2D eigenvalue weighted by Gasteiger charge is -2.44. The molecule has 4 rings (SSSR count). The summed E-state index contributed by atoms with van der Waals surface area (Å²) in [6.07, 6.45) is 3.72. The summed E-state index contributed by atoms with van der Waals surface area (Å²) >= 11 is 0. The number of cyclic esters (lactones) is 1. The largest absolute Gasteiger partial charge is 0.497 e. The van der Waals surface area contributed by atoms with E-state index >= 15 is 0 Å². The third kappa shape index (κ3) is 7.37. The van der Waals surface area contributed by atoms with Gasteiger partial charge in [0.25, 0.3) is 8.32 Å². The molecule has 4 atom stereocenters. The van der Waals surface area contributed by atoms with Crippen LogP contribution in [0.2, 0.25) is 5.04 Å². The minimum atomic E-state index is -2.68. The van der Waals surface area contributed by atoms with E-state index in [0.717, 1.165) is 11.3 Å². The fourth-order valence-electron chi connectivity index (χ4n) is 5.55. The number of esters is 1. The minimum Gasteiger partial charge on any atom is -0.497 e. The molecule has 3 aromatic carbocycles. The summed E-state index contributed by atoms with van der Waals surface area (Å²) in [6, 6.07) is 29.0. The third-order valence-electron chi connectivity index (χ3n) is 7.99. The second-order valence-corrected chi connectivity index (χ2v) is 16.4. The van der Waals surface area contributed by atoms with Gasteiger partial charge >= 0.3 is 5.97 Å². The molecule has 0 bridgehead atoms. The summed E-state index contributed by atoms with van der Waals surface area (Å²) in [5, 5.41) is 2.36. The average molecular weight is 573 g/mol. The van der Waals surface area contributed by atoms with Crippen LogP contribution in [0.15, 0.2) is 97.1 Å². The van der Waals surface area contributed by atoms with Crippen molar-refractivity contribution in [3.63, 3.8) is 0 Å². The number of methoxy groups -OCH3 is 1. The molecule has 0 aromatic heterocycles. The molecule has 0 spiro atoms. The predicted octanol–water partition coefficient (Wildman–Crippen LogP) is 6.30. The fraction of sp³-hybridized carbons (Fsp3) is 0.400. The summed E-state index contributed by atoms with van der Waals surface area (Å²) in [6.45, 7) is 11.9. The Morgan fingerprint density at radius 3 is 2.02 bits per heavy atom. The SMILES string of the molecule is COc1ccc(CO[C@@H]2CC(=O)O[C@H]([C@@H](C)CO[Si](c3ccccc3)(c3ccccc3)C(C)(C)C)C=C[C@@H]2C)cc1. The molecule has 1 heterocycles. The van der Waals surface area contributed by atoms with E-state index in [-0.39, 0.29) is 41.5 Å². The first-order chi connectivity index (χ1) is 19.6. The van der Waals surface area contributed by atoms with Gasteiger partial charge in [0.15, 0.2) is 0 Å². The maximum Gasteiger partial charge on any atom is 0.309 e. The summed E-state index contributed by atoms with van der Waals surface area (Å²) in [7, 11) is -1.03. The lowest BCUT2D eigenvalue weighted by molar-refractivity contribution is -0.154. The molecule has 0 radical (unpaired) electrons. The van der Waals surface area contributed by atoms with E-state index in [1.165, 1.54) is 10.4 Å². The molecule has 41 heavy (non-hydrogen) atoms. The Morgan fingerprint density at radius 1 is 0.902 bits per heavy atom. The van der Waals surface area contributed by atoms with E-state index in [9.17, 15) is 4.79 Å². The first-order valence-electron chi connectivity index (χ1n) is 14.5. The van der Waals surface area contributed by atoms with Crippen LogP contribution in [0.1, 0.15) is 46.6 Å². The quantitative estimate of drug-likeness (QED) is 0.162. The van der Waals surface area contributed by atoms with Gasteiger partial charge in [-0.2, -0.15) is 0 Å². The van der Waals surface area contributed by atoms with Gasteiger partial charge in [-0.15, -0.1) is 0 Å². The highest BCUT2D eigenvalue weighted by Gasteiger charge is 2.50. The van der Waals surface area contributed by atoms with Crippen LogP contribution >= 0.6 is 0 Å². The Balaban J connectivity index is 1.49. The van der Waals surface area contributed by atoms with Crippen molar-refractivity contribution in [1.29, 1.82) is 0 Å². The molecule has 0 saturated heterocycles. The smallest absolute Gasteiger partial charge is 0.309 e. The number of carbonyl (C=O) groups is 1. The van der Waals surface area contributed by atoms with Crippen molar-refractivity contribution in [3.05, 3.63) is 103 Å². The molecule has 0 aliphatic carbocycles. The molecule has 6 heteroatoms. The molecule has 0 fully saturated rings. The Hall–Kier alpha value is -3.19. The van der Waals surface area contributed by atoms with Gasteiger partial charge in [-0.25, -0.2) is 0 Å². The highest BCUT2D eigenvalue weighted by molar-refractivity contribution is 6.99. The number of ether oxygens (including phenoxy) is 3. The standard InChI is InChI=1S/C35H44O5Si/c1-26-17-22-32(40-34(36)23-33(26)38-25-28-18-20-29(37-6)21-19-28)27(2)24-39-41(35(3,4)5,30-13-9-7-10-14-30)31-15-11-8-12-16-31/h7-22,26-27,32-33H,23-25H2,1-6H3/t26-,27-,32-,33+/m0/s1. The van der Waals surface area contributed by atoms with Crippen LogP contribution in [0.25, 0.3) is 0 Å². The van der Waals surface area contributed by atoms with Gasteiger partial charge in [0.2, 0.25) is 0 Å². The average Bonchev–Trinajstić information content (AvgIpc) is 2.97. The van der Waals surface area contributed by atoms with Gasteiger partial charge in [0, 0.05) is 18.4 Å². The van der Waals surface area contributed by atoms with Crippen molar-refractivity contribution in [3.8, 4) is 5.75 Å². The maximum atomic E-state index is 13.0. The second-order valence-electron chi connectivity index (χ2n) is 12.1. The van der Waals surface area contributed by atoms with E-state index in [0.29, 0.717) is 13.2 Å². The van der Waals surface area contributed by atoms with Gasteiger partial charge in [-0.1, -0.05) is 113 Å². The Labute approximate surface area is 246 Å². The van der Waals surface area contributed by atoms with Crippen LogP contribution in [-0.4, -0.2) is 40.2 Å². The summed E-state index contributed by atoms with van der Waals surface area (Å²) in [5.74, 6) is 0.594. The van der Waals surface area contributed by atoms with Crippen LogP contribution in [0.4, 0.5) is 0 Å². The number of hydrogen-bond donors (Lipinski definition) is 0. The molecule has 0 unspecified atom stereocenters. The number of benzene rings is 3. The zero-order chi connectivity index (χ0) is 29.5. The molecule has 0 amide bonds. The van der Waals surface area contributed by atoms with Crippen LogP contribution in [0.5, 0.6) is 5.75 Å². The van der Waals surface area contributed by atoms with Gasteiger partial charge < -0.3 is 18.6 Å². The van der Waals surface area contributed by atoms with Crippen molar-refractivity contribution in [2.75, 3.05) is 13.7 Å². The van der Waals surface area contributed by atoms with Crippen LogP contribution in [0, 0.1) is 11.8 Å². The molecule has 0 N–H and O–H groups in total. The predicted molar refractivity (Wildman–Crippen MR) is 167 cm³/mol. The molecule has 3 aromatic rings. The molecular formula is C35H44O5Si. The van der Waals surface area contributed by atoms with Crippen molar-refractivity contribution >= 4 is 24.7 Å². The van der Waals surface area contributed by atoms with Crippen LogP contribution in [0.3, 0.4) is 0 Å². The first kappa shape index (κ1) is 30.8. The van der Waals surface area contributed by atoms with Crippen molar-refractivity contribution in [2.24, 2.45) is 11.8 Å². The lowest BCUT2D eigenvalue weighted by Crippen LogP contribution is -2.67. The summed E-state index contributed by atoms with van der Waals surface area (Å²) < 4.78 is 24.5. The van der Waals surface area contributed by atoms with Crippen LogP contribution < -0.4 is 15.1 Å². The highest BCUT2D eigenvalue weighted by atomic mass is 28.4. The number of hydrogen-bond acceptors (Lipinski definition) is 5. The van der Waals surface area contributed by atoms with E-state index in [1.54, 1.807) is 7.11 Å². The van der Waals surface area contributed by atoms with Gasteiger partial charge in [0.1, 0.15) is 11.9 Å². The molecule has 0 saturated carbocycles. The van der Waals surface area contributed by atoms with Gasteiger partial charge in [-0.3, -0.25) is 4.79 Å². The Bertz CT molecular complexity index is 1230. The zero-order valence-electron chi connectivity index (χ0n) is 25.2. The van der Waals surface area contributed by atoms with Gasteiger partial charge in [0.05, 0.1) is 26.2 Å². The van der Waals surface area contributed by atoms with Gasteiger partial charge in [-0.05, 0) is 39.2 Å². The van der Waals surface area contributed by atoms with Crippen LogP contribution in [-0.2, 0) is 25.3 Å². The molecule has 1 aliphatic rings. The monoisotopic (exact) mass is 572 g/mol. The lowest BCUT2D eigenvalue weighted by atomic mass is 9.96. The molecule has 1 aliphatic heterocycles. The van der Waals surface area contributed by atoms with E-state index in [1.807, 2.05) is 42.5 Å². The Morgan fingerprint density at radius 2 is 1.49 bits per heavy atom. The maximum absolute atomic E-state index is 13.0. The van der Waals surface area contributed by atoms with E-state index in [4.69, 9.17) is 18.6 Å². The summed E-state index contributed by atoms with van der Waals surface area (Å²) in [5.41, 5.74) is 1.03. The summed E-state index contributed by atoms with van der Waals surface area (Å²) in [4.78, 5) is 13.0. The Kier molecular flexibility index (Phi) is 10.2. The molecule has 218 valence electrons. The van der Waals surface area contributed by atoms with E-state index < -0.39 is 8.32 Å². The number of rotatable bonds is 10.